The Morgan fingerprint density at radius 3 is 2.40 bits per heavy atom. The predicted octanol–water partition coefficient (Wildman–Crippen LogP) is 1.82. The van der Waals surface area contributed by atoms with Crippen molar-refractivity contribution in [3.63, 3.8) is 0 Å². The van der Waals surface area contributed by atoms with Gasteiger partial charge in [0.1, 0.15) is 0 Å². The van der Waals surface area contributed by atoms with E-state index < -0.39 is 5.60 Å². The van der Waals surface area contributed by atoms with Crippen LogP contribution in [0.15, 0.2) is 0 Å². The van der Waals surface area contributed by atoms with E-state index in [4.69, 9.17) is 0 Å². The molecule has 2 fully saturated rings. The fourth-order valence-electron chi connectivity index (χ4n) is 3.25. The number of nitrogens with one attached hydrogen (secondary N) is 2. The SMILES string of the molecule is CC1(C)CCC(O)(CNC(=O)CC2CCNCC2)CC1. The molecule has 4 nitrogen and oxygen atoms in total. The van der Waals surface area contributed by atoms with E-state index in [0.29, 0.717) is 24.3 Å². The molecular formula is C16H30N2O2. The van der Waals surface area contributed by atoms with E-state index in [1.165, 1.54) is 0 Å². The average Bonchev–Trinajstić information content (AvgIpc) is 2.42. The molecule has 0 spiro atoms. The lowest BCUT2D eigenvalue weighted by Crippen LogP contribution is -2.47. The summed E-state index contributed by atoms with van der Waals surface area (Å²) in [4.78, 5) is 12.0. The minimum atomic E-state index is -0.681. The van der Waals surface area contributed by atoms with Crippen LogP contribution in [0.25, 0.3) is 0 Å². The van der Waals surface area contributed by atoms with E-state index in [0.717, 1.165) is 51.6 Å². The van der Waals surface area contributed by atoms with Gasteiger partial charge in [-0.1, -0.05) is 13.8 Å². The summed E-state index contributed by atoms with van der Waals surface area (Å²) in [7, 11) is 0. The lowest BCUT2D eigenvalue weighted by molar-refractivity contribution is -0.124. The van der Waals surface area contributed by atoms with E-state index in [1.54, 1.807) is 0 Å². The van der Waals surface area contributed by atoms with Gasteiger partial charge < -0.3 is 15.7 Å². The topological polar surface area (TPSA) is 61.4 Å². The van der Waals surface area contributed by atoms with Crippen molar-refractivity contribution in [2.45, 2.75) is 64.4 Å². The molecule has 3 N–H and O–H groups in total. The highest BCUT2D eigenvalue weighted by atomic mass is 16.3. The van der Waals surface area contributed by atoms with Gasteiger partial charge in [0.25, 0.3) is 0 Å². The standard InChI is InChI=1S/C16H30N2O2/c1-15(2)5-7-16(20,8-6-15)12-18-14(19)11-13-3-9-17-10-4-13/h13,17,20H,3-12H2,1-2H3,(H,18,19). The minimum absolute atomic E-state index is 0.107. The van der Waals surface area contributed by atoms with Crippen LogP contribution in [0.3, 0.4) is 0 Å². The van der Waals surface area contributed by atoms with Gasteiger partial charge in [0.2, 0.25) is 5.91 Å². The zero-order chi connectivity index (χ0) is 14.6. The summed E-state index contributed by atoms with van der Waals surface area (Å²) in [5, 5.41) is 16.8. The first kappa shape index (κ1) is 15.8. The molecule has 1 aliphatic carbocycles. The van der Waals surface area contributed by atoms with Gasteiger partial charge in [0, 0.05) is 13.0 Å². The van der Waals surface area contributed by atoms with Crippen molar-refractivity contribution < 1.29 is 9.90 Å². The summed E-state index contributed by atoms with van der Waals surface area (Å²) in [5.41, 5.74) is -0.343. The molecule has 2 aliphatic rings. The Bertz CT molecular complexity index is 325. The van der Waals surface area contributed by atoms with Crippen molar-refractivity contribution in [2.24, 2.45) is 11.3 Å². The van der Waals surface area contributed by atoms with E-state index >= 15 is 0 Å². The summed E-state index contributed by atoms with van der Waals surface area (Å²) < 4.78 is 0. The zero-order valence-corrected chi connectivity index (χ0v) is 13.0. The smallest absolute Gasteiger partial charge is 0.220 e. The van der Waals surface area contributed by atoms with Crippen LogP contribution in [0.5, 0.6) is 0 Å². The monoisotopic (exact) mass is 282 g/mol. The molecule has 4 heteroatoms. The number of hydrogen-bond acceptors (Lipinski definition) is 3. The fraction of sp³-hybridized carbons (Fsp3) is 0.938. The maximum absolute atomic E-state index is 12.0. The van der Waals surface area contributed by atoms with Crippen molar-refractivity contribution >= 4 is 5.91 Å². The van der Waals surface area contributed by atoms with Crippen molar-refractivity contribution in [2.75, 3.05) is 19.6 Å². The molecule has 0 unspecified atom stereocenters. The second-order valence-corrected chi connectivity index (χ2v) is 7.56. The van der Waals surface area contributed by atoms with Crippen LogP contribution in [0.1, 0.15) is 58.8 Å². The molecule has 1 aliphatic heterocycles. The highest BCUT2D eigenvalue weighted by Crippen LogP contribution is 2.39. The second kappa shape index (κ2) is 6.44. The number of carbonyl (C=O) groups is 1. The molecule has 1 amide bonds. The quantitative estimate of drug-likeness (QED) is 0.737. The van der Waals surface area contributed by atoms with Gasteiger partial charge in [-0.15, -0.1) is 0 Å². The molecule has 0 radical (unpaired) electrons. The van der Waals surface area contributed by atoms with Crippen molar-refractivity contribution in [1.82, 2.24) is 10.6 Å². The van der Waals surface area contributed by atoms with E-state index in [1.807, 2.05) is 0 Å². The van der Waals surface area contributed by atoms with Crippen LogP contribution in [-0.2, 0) is 4.79 Å². The minimum Gasteiger partial charge on any atom is -0.388 e. The number of piperidine rings is 1. The molecule has 1 heterocycles. The van der Waals surface area contributed by atoms with Gasteiger partial charge >= 0.3 is 0 Å². The van der Waals surface area contributed by atoms with Crippen LogP contribution in [0.4, 0.5) is 0 Å². The van der Waals surface area contributed by atoms with Crippen molar-refractivity contribution in [1.29, 1.82) is 0 Å². The van der Waals surface area contributed by atoms with Gasteiger partial charge in [-0.3, -0.25) is 4.79 Å². The summed E-state index contributed by atoms with van der Waals surface area (Å²) >= 11 is 0. The Labute approximate surface area is 122 Å². The molecule has 0 atom stereocenters. The highest BCUT2D eigenvalue weighted by molar-refractivity contribution is 5.76. The second-order valence-electron chi connectivity index (χ2n) is 7.56. The average molecular weight is 282 g/mol. The third-order valence-electron chi connectivity index (χ3n) is 5.08. The number of aliphatic hydroxyl groups is 1. The van der Waals surface area contributed by atoms with Crippen molar-refractivity contribution in [3.05, 3.63) is 0 Å². The molecule has 0 aromatic carbocycles. The summed E-state index contributed by atoms with van der Waals surface area (Å²) in [6.45, 7) is 6.98. The lowest BCUT2D eigenvalue weighted by atomic mass is 9.71. The largest absolute Gasteiger partial charge is 0.388 e. The lowest BCUT2D eigenvalue weighted by Gasteiger charge is -2.40. The van der Waals surface area contributed by atoms with Crippen LogP contribution >= 0.6 is 0 Å². The Morgan fingerprint density at radius 2 is 1.80 bits per heavy atom. The molecule has 116 valence electrons. The van der Waals surface area contributed by atoms with E-state index in [2.05, 4.69) is 24.5 Å². The Kier molecular flexibility index (Phi) is 5.08. The molecule has 20 heavy (non-hydrogen) atoms. The Morgan fingerprint density at radius 1 is 1.20 bits per heavy atom. The number of carbonyl (C=O) groups excluding carboxylic acids is 1. The maximum Gasteiger partial charge on any atom is 0.220 e. The molecule has 1 saturated heterocycles. The van der Waals surface area contributed by atoms with Gasteiger partial charge in [-0.2, -0.15) is 0 Å². The summed E-state index contributed by atoms with van der Waals surface area (Å²) in [5.74, 6) is 0.617. The predicted molar refractivity (Wildman–Crippen MR) is 80.4 cm³/mol. The molecule has 0 bridgehead atoms. The first-order valence-corrected chi connectivity index (χ1v) is 8.08. The Balaban J connectivity index is 1.70. The number of rotatable bonds is 4. The van der Waals surface area contributed by atoms with Crippen molar-refractivity contribution in [3.8, 4) is 0 Å². The number of hydrogen-bond donors (Lipinski definition) is 3. The fourth-order valence-corrected chi connectivity index (χ4v) is 3.25. The third kappa shape index (κ3) is 4.74. The molecule has 0 aromatic heterocycles. The van der Waals surface area contributed by atoms with Crippen LogP contribution in [0.2, 0.25) is 0 Å². The molecule has 1 saturated carbocycles. The Hall–Kier alpha value is -0.610. The van der Waals surface area contributed by atoms with Crippen LogP contribution in [0, 0.1) is 11.3 Å². The van der Waals surface area contributed by atoms with E-state index in [9.17, 15) is 9.90 Å². The summed E-state index contributed by atoms with van der Waals surface area (Å²) in [6.07, 6.45) is 6.46. The van der Waals surface area contributed by atoms with E-state index in [-0.39, 0.29) is 5.91 Å². The molecular weight excluding hydrogens is 252 g/mol. The first-order chi connectivity index (χ1) is 9.39. The molecule has 2 rings (SSSR count). The number of amides is 1. The van der Waals surface area contributed by atoms with Gasteiger partial charge in [-0.05, 0) is 62.9 Å². The molecule has 0 aromatic rings. The van der Waals surface area contributed by atoms with Gasteiger partial charge in [-0.25, -0.2) is 0 Å². The zero-order valence-electron chi connectivity index (χ0n) is 13.0. The summed E-state index contributed by atoms with van der Waals surface area (Å²) in [6, 6.07) is 0. The maximum atomic E-state index is 12.0. The normalized spacial score (nSPS) is 26.1. The van der Waals surface area contributed by atoms with Gasteiger partial charge in [0.05, 0.1) is 5.60 Å². The van der Waals surface area contributed by atoms with Crippen LogP contribution < -0.4 is 10.6 Å². The first-order valence-electron chi connectivity index (χ1n) is 8.08. The van der Waals surface area contributed by atoms with Gasteiger partial charge in [0.15, 0.2) is 0 Å². The highest BCUT2D eigenvalue weighted by Gasteiger charge is 2.36. The van der Waals surface area contributed by atoms with Crippen LogP contribution in [-0.4, -0.2) is 36.2 Å². The third-order valence-corrected chi connectivity index (χ3v) is 5.08.